The highest BCUT2D eigenvalue weighted by Crippen LogP contribution is 2.40. The second-order valence-corrected chi connectivity index (χ2v) is 4.16. The van der Waals surface area contributed by atoms with Crippen LogP contribution in [0.25, 0.3) is 0 Å². The van der Waals surface area contributed by atoms with Crippen molar-refractivity contribution in [2.45, 2.75) is 6.04 Å². The van der Waals surface area contributed by atoms with E-state index in [-0.39, 0.29) is 0 Å². The van der Waals surface area contributed by atoms with Gasteiger partial charge in [-0.25, -0.2) is 0 Å². The Hall–Kier alpha value is -1.95. The van der Waals surface area contributed by atoms with Crippen molar-refractivity contribution in [2.75, 3.05) is 35.4 Å². The van der Waals surface area contributed by atoms with Crippen LogP contribution >= 0.6 is 0 Å². The molecule has 1 aromatic carbocycles. The molecule has 6 nitrogen and oxygen atoms in total. The summed E-state index contributed by atoms with van der Waals surface area (Å²) in [6, 6.07) is 2.49. The van der Waals surface area contributed by atoms with Gasteiger partial charge in [-0.1, -0.05) is 0 Å². The Morgan fingerprint density at radius 2 is 1.58 bits per heavy atom. The maximum atomic E-state index is 11.3. The fourth-order valence-electron chi connectivity index (χ4n) is 1.92. The van der Waals surface area contributed by atoms with Crippen LogP contribution in [0, 0.1) is 0 Å². The molecule has 1 atom stereocenters. The molecule has 1 aromatic rings. The second-order valence-electron chi connectivity index (χ2n) is 4.16. The average molecular weight is 269 g/mol. The molecule has 0 saturated carbocycles. The standard InChI is InChI=1S/C13H19NO5/c1-14(2)11(13(15)16)8-6-9(17-3)12(19-5)10(7-8)18-4/h6-7,11H,1-5H3,(H,15,16). The molecule has 0 fully saturated rings. The minimum atomic E-state index is -0.945. The third kappa shape index (κ3) is 3.08. The number of methoxy groups -OCH3 is 3. The Labute approximate surface area is 112 Å². The number of carboxylic acids is 1. The van der Waals surface area contributed by atoms with Crippen molar-refractivity contribution in [1.29, 1.82) is 0 Å². The van der Waals surface area contributed by atoms with E-state index in [1.807, 2.05) is 0 Å². The van der Waals surface area contributed by atoms with Crippen LogP contribution in [0.3, 0.4) is 0 Å². The molecule has 0 radical (unpaired) electrons. The van der Waals surface area contributed by atoms with Crippen molar-refractivity contribution in [3.63, 3.8) is 0 Å². The summed E-state index contributed by atoms with van der Waals surface area (Å²) in [6.07, 6.45) is 0. The highest BCUT2D eigenvalue weighted by atomic mass is 16.5. The molecular weight excluding hydrogens is 250 g/mol. The normalized spacial score (nSPS) is 12.1. The van der Waals surface area contributed by atoms with Crippen molar-refractivity contribution in [3.8, 4) is 17.2 Å². The Morgan fingerprint density at radius 1 is 1.11 bits per heavy atom. The molecule has 0 aromatic heterocycles. The fraction of sp³-hybridized carbons (Fsp3) is 0.462. The molecular formula is C13H19NO5. The molecule has 1 rings (SSSR count). The number of aliphatic carboxylic acids is 1. The molecule has 106 valence electrons. The van der Waals surface area contributed by atoms with E-state index < -0.39 is 12.0 Å². The summed E-state index contributed by atoms with van der Waals surface area (Å²) >= 11 is 0. The summed E-state index contributed by atoms with van der Waals surface area (Å²) in [4.78, 5) is 12.9. The van der Waals surface area contributed by atoms with Crippen molar-refractivity contribution < 1.29 is 24.1 Å². The number of hydrogen-bond acceptors (Lipinski definition) is 5. The number of likely N-dealkylation sites (N-methyl/N-ethyl adjacent to an activating group) is 1. The quantitative estimate of drug-likeness (QED) is 0.842. The van der Waals surface area contributed by atoms with E-state index in [0.29, 0.717) is 22.8 Å². The van der Waals surface area contributed by atoms with E-state index in [9.17, 15) is 9.90 Å². The molecule has 0 aliphatic heterocycles. The third-order valence-corrected chi connectivity index (χ3v) is 2.75. The Balaban J connectivity index is 3.40. The van der Waals surface area contributed by atoms with Crippen LogP contribution in [0.1, 0.15) is 11.6 Å². The zero-order valence-electron chi connectivity index (χ0n) is 11.8. The number of hydrogen-bond donors (Lipinski definition) is 1. The van der Waals surface area contributed by atoms with E-state index in [1.54, 1.807) is 31.1 Å². The molecule has 0 amide bonds. The van der Waals surface area contributed by atoms with E-state index in [2.05, 4.69) is 0 Å². The number of rotatable bonds is 6. The molecule has 19 heavy (non-hydrogen) atoms. The minimum Gasteiger partial charge on any atom is -0.493 e. The first kappa shape index (κ1) is 15.1. The van der Waals surface area contributed by atoms with Crippen LogP contribution in [0.5, 0.6) is 17.2 Å². The summed E-state index contributed by atoms with van der Waals surface area (Å²) in [6.45, 7) is 0. The summed E-state index contributed by atoms with van der Waals surface area (Å²) in [5.41, 5.74) is 0.562. The highest BCUT2D eigenvalue weighted by molar-refractivity contribution is 5.76. The number of carbonyl (C=O) groups is 1. The van der Waals surface area contributed by atoms with Crippen LogP contribution in [0.2, 0.25) is 0 Å². The highest BCUT2D eigenvalue weighted by Gasteiger charge is 2.25. The lowest BCUT2D eigenvalue weighted by Crippen LogP contribution is -2.27. The molecule has 0 spiro atoms. The Morgan fingerprint density at radius 3 is 1.84 bits per heavy atom. The summed E-state index contributed by atoms with van der Waals surface area (Å²) in [5.74, 6) is 0.366. The van der Waals surface area contributed by atoms with Gasteiger partial charge < -0.3 is 19.3 Å². The molecule has 0 heterocycles. The molecule has 6 heteroatoms. The van der Waals surface area contributed by atoms with Gasteiger partial charge in [0.2, 0.25) is 5.75 Å². The lowest BCUT2D eigenvalue weighted by molar-refractivity contribution is -0.142. The van der Waals surface area contributed by atoms with E-state index in [1.165, 1.54) is 21.3 Å². The smallest absolute Gasteiger partial charge is 0.325 e. The zero-order chi connectivity index (χ0) is 14.6. The van der Waals surface area contributed by atoms with E-state index in [4.69, 9.17) is 14.2 Å². The lowest BCUT2D eigenvalue weighted by Gasteiger charge is -2.22. The van der Waals surface area contributed by atoms with Crippen LogP contribution in [0.4, 0.5) is 0 Å². The summed E-state index contributed by atoms with van der Waals surface area (Å²) < 4.78 is 15.6. The second kappa shape index (κ2) is 6.29. The summed E-state index contributed by atoms with van der Waals surface area (Å²) in [7, 11) is 7.88. The van der Waals surface area contributed by atoms with Crippen molar-refractivity contribution in [1.82, 2.24) is 4.90 Å². The lowest BCUT2D eigenvalue weighted by atomic mass is 10.0. The monoisotopic (exact) mass is 269 g/mol. The molecule has 0 saturated heterocycles. The van der Waals surface area contributed by atoms with E-state index >= 15 is 0 Å². The van der Waals surface area contributed by atoms with Crippen molar-refractivity contribution in [2.24, 2.45) is 0 Å². The van der Waals surface area contributed by atoms with Gasteiger partial charge in [-0.05, 0) is 31.8 Å². The first-order chi connectivity index (χ1) is 8.96. The number of ether oxygens (including phenoxy) is 3. The van der Waals surface area contributed by atoms with Crippen LogP contribution in [0.15, 0.2) is 12.1 Å². The summed E-state index contributed by atoms with van der Waals surface area (Å²) in [5, 5.41) is 9.30. The van der Waals surface area contributed by atoms with Crippen LogP contribution in [-0.2, 0) is 4.79 Å². The van der Waals surface area contributed by atoms with Gasteiger partial charge in [0.25, 0.3) is 0 Å². The fourth-order valence-corrected chi connectivity index (χ4v) is 1.92. The molecule has 1 N–H and O–H groups in total. The molecule has 0 bridgehead atoms. The zero-order valence-corrected chi connectivity index (χ0v) is 11.8. The maximum absolute atomic E-state index is 11.3. The van der Waals surface area contributed by atoms with Gasteiger partial charge in [0.15, 0.2) is 11.5 Å². The largest absolute Gasteiger partial charge is 0.493 e. The van der Waals surface area contributed by atoms with Gasteiger partial charge in [-0.15, -0.1) is 0 Å². The predicted molar refractivity (Wildman–Crippen MR) is 70.2 cm³/mol. The van der Waals surface area contributed by atoms with Gasteiger partial charge in [-0.2, -0.15) is 0 Å². The first-order valence-corrected chi connectivity index (χ1v) is 5.65. The van der Waals surface area contributed by atoms with Crippen molar-refractivity contribution >= 4 is 5.97 Å². The van der Waals surface area contributed by atoms with Crippen LogP contribution in [-0.4, -0.2) is 51.4 Å². The van der Waals surface area contributed by atoms with E-state index in [0.717, 1.165) is 0 Å². The molecule has 0 aliphatic carbocycles. The first-order valence-electron chi connectivity index (χ1n) is 5.65. The number of benzene rings is 1. The minimum absolute atomic E-state index is 0.435. The maximum Gasteiger partial charge on any atom is 0.325 e. The molecule has 0 aliphatic rings. The average Bonchev–Trinajstić information content (AvgIpc) is 2.36. The Kier molecular flexibility index (Phi) is 5.00. The van der Waals surface area contributed by atoms with Gasteiger partial charge in [0, 0.05) is 0 Å². The molecule has 1 unspecified atom stereocenters. The topological polar surface area (TPSA) is 68.2 Å². The number of carboxylic acid groups (broad SMARTS) is 1. The predicted octanol–water partition coefficient (Wildman–Crippen LogP) is 1.40. The SMILES string of the molecule is COc1cc(C(C(=O)O)N(C)C)cc(OC)c1OC. The van der Waals surface area contributed by atoms with Crippen molar-refractivity contribution in [3.05, 3.63) is 17.7 Å². The van der Waals surface area contributed by atoms with Gasteiger partial charge in [0.05, 0.1) is 21.3 Å². The van der Waals surface area contributed by atoms with Crippen LogP contribution < -0.4 is 14.2 Å². The van der Waals surface area contributed by atoms with Gasteiger partial charge >= 0.3 is 5.97 Å². The van der Waals surface area contributed by atoms with Gasteiger partial charge in [-0.3, -0.25) is 9.69 Å². The number of nitrogens with zero attached hydrogens (tertiary/aromatic N) is 1. The Bertz CT molecular complexity index is 433. The van der Waals surface area contributed by atoms with Gasteiger partial charge in [0.1, 0.15) is 6.04 Å². The third-order valence-electron chi connectivity index (χ3n) is 2.75.